The highest BCUT2D eigenvalue weighted by molar-refractivity contribution is 9.10. The molecule has 1 rings (SSSR count). The van der Waals surface area contributed by atoms with E-state index in [0.717, 1.165) is 23.7 Å². The third-order valence-electron chi connectivity index (χ3n) is 2.79. The van der Waals surface area contributed by atoms with E-state index >= 15 is 0 Å². The lowest BCUT2D eigenvalue weighted by Crippen LogP contribution is -2.17. The summed E-state index contributed by atoms with van der Waals surface area (Å²) in [4.78, 5) is 0. The maximum Gasteiger partial charge on any atom is 0.0608 e. The second kappa shape index (κ2) is 6.29. The Balaban J connectivity index is 2.77. The fraction of sp³-hybridized carbons (Fsp3) is 0.538. The zero-order valence-electron chi connectivity index (χ0n) is 9.41. The van der Waals surface area contributed by atoms with Crippen molar-refractivity contribution in [1.29, 1.82) is 0 Å². The summed E-state index contributed by atoms with van der Waals surface area (Å²) in [6.45, 7) is 4.24. The Hall–Kier alpha value is -0.340. The lowest BCUT2D eigenvalue weighted by molar-refractivity contribution is 0.130. The molecule has 0 aliphatic heterocycles. The molecule has 0 aliphatic rings. The molecule has 0 amide bonds. The van der Waals surface area contributed by atoms with Crippen LogP contribution in [0.2, 0.25) is 0 Å². The highest BCUT2D eigenvalue weighted by Gasteiger charge is 2.18. The molecule has 2 heteroatoms. The van der Waals surface area contributed by atoms with Crippen molar-refractivity contribution in [2.75, 3.05) is 0 Å². The highest BCUT2D eigenvalue weighted by Crippen LogP contribution is 2.26. The van der Waals surface area contributed by atoms with Gasteiger partial charge in [-0.3, -0.25) is 0 Å². The van der Waals surface area contributed by atoms with Crippen molar-refractivity contribution in [3.8, 4) is 0 Å². The molecule has 0 aliphatic carbocycles. The van der Waals surface area contributed by atoms with E-state index in [0.29, 0.717) is 0 Å². The van der Waals surface area contributed by atoms with Gasteiger partial charge < -0.3 is 5.11 Å². The number of benzene rings is 1. The Morgan fingerprint density at radius 3 is 2.27 bits per heavy atom. The van der Waals surface area contributed by atoms with Gasteiger partial charge in [0, 0.05) is 10.4 Å². The summed E-state index contributed by atoms with van der Waals surface area (Å²) in [5.74, 6) is 0.276. The van der Waals surface area contributed by atoms with E-state index in [-0.39, 0.29) is 12.0 Å². The Morgan fingerprint density at radius 1 is 1.20 bits per heavy atom. The van der Waals surface area contributed by atoms with Crippen LogP contribution in [0.5, 0.6) is 0 Å². The van der Waals surface area contributed by atoms with Gasteiger partial charge in [0.25, 0.3) is 0 Å². The minimum Gasteiger partial charge on any atom is -0.392 e. The third kappa shape index (κ3) is 3.62. The van der Waals surface area contributed by atoms with Crippen LogP contribution in [0.25, 0.3) is 0 Å². The number of hydrogen-bond donors (Lipinski definition) is 1. The maximum atomic E-state index is 10.0. The zero-order chi connectivity index (χ0) is 11.3. The molecule has 0 saturated carbocycles. The van der Waals surface area contributed by atoms with Crippen LogP contribution in [-0.4, -0.2) is 11.2 Å². The SMILES string of the molecule is CCCC(O)C(CC)c1ccc(Br)cc1. The first-order valence-electron chi connectivity index (χ1n) is 5.62. The number of halogens is 1. The molecule has 2 unspecified atom stereocenters. The lowest BCUT2D eigenvalue weighted by Gasteiger charge is -2.21. The molecule has 0 aromatic heterocycles. The van der Waals surface area contributed by atoms with Crippen molar-refractivity contribution in [1.82, 2.24) is 0 Å². The molecule has 0 spiro atoms. The van der Waals surface area contributed by atoms with Gasteiger partial charge in [-0.25, -0.2) is 0 Å². The first-order valence-corrected chi connectivity index (χ1v) is 6.41. The van der Waals surface area contributed by atoms with Crippen molar-refractivity contribution in [2.45, 2.75) is 45.1 Å². The van der Waals surface area contributed by atoms with Gasteiger partial charge in [0.05, 0.1) is 6.10 Å². The molecule has 0 heterocycles. The molecule has 0 fully saturated rings. The molecular weight excluding hydrogens is 252 g/mol. The largest absolute Gasteiger partial charge is 0.392 e. The second-order valence-corrected chi connectivity index (χ2v) is 4.84. The molecule has 0 radical (unpaired) electrons. The monoisotopic (exact) mass is 270 g/mol. The second-order valence-electron chi connectivity index (χ2n) is 3.92. The van der Waals surface area contributed by atoms with Gasteiger partial charge in [-0.05, 0) is 30.5 Å². The summed E-state index contributed by atoms with van der Waals surface area (Å²) in [5, 5.41) is 10.0. The predicted molar refractivity (Wildman–Crippen MR) is 68.1 cm³/mol. The van der Waals surface area contributed by atoms with E-state index in [2.05, 4.69) is 41.9 Å². The summed E-state index contributed by atoms with van der Waals surface area (Å²) in [6, 6.07) is 8.27. The van der Waals surface area contributed by atoms with Crippen molar-refractivity contribution in [3.63, 3.8) is 0 Å². The zero-order valence-corrected chi connectivity index (χ0v) is 11.0. The Kier molecular flexibility index (Phi) is 5.34. The fourth-order valence-electron chi connectivity index (χ4n) is 1.94. The summed E-state index contributed by atoms with van der Waals surface area (Å²) in [7, 11) is 0. The van der Waals surface area contributed by atoms with Crippen LogP contribution in [0.3, 0.4) is 0 Å². The van der Waals surface area contributed by atoms with Crippen molar-refractivity contribution >= 4 is 15.9 Å². The standard InChI is InChI=1S/C13H19BrO/c1-3-5-13(15)12(4-2)10-6-8-11(14)9-7-10/h6-9,12-13,15H,3-5H2,1-2H3. The van der Waals surface area contributed by atoms with Gasteiger partial charge in [0.15, 0.2) is 0 Å². The highest BCUT2D eigenvalue weighted by atomic mass is 79.9. The molecule has 1 aromatic rings. The van der Waals surface area contributed by atoms with E-state index in [4.69, 9.17) is 0 Å². The number of aliphatic hydroxyl groups is 1. The van der Waals surface area contributed by atoms with E-state index in [9.17, 15) is 5.11 Å². The van der Waals surface area contributed by atoms with Crippen molar-refractivity contribution in [2.24, 2.45) is 0 Å². The Bertz CT molecular complexity index is 281. The van der Waals surface area contributed by atoms with Crippen LogP contribution in [0.4, 0.5) is 0 Å². The van der Waals surface area contributed by atoms with Crippen LogP contribution in [0.15, 0.2) is 28.7 Å². The third-order valence-corrected chi connectivity index (χ3v) is 3.32. The van der Waals surface area contributed by atoms with Gasteiger partial charge >= 0.3 is 0 Å². The molecule has 1 N–H and O–H groups in total. The Labute approximate surface area is 101 Å². The quantitative estimate of drug-likeness (QED) is 0.854. The first kappa shape index (κ1) is 12.7. The number of hydrogen-bond acceptors (Lipinski definition) is 1. The summed E-state index contributed by atoms with van der Waals surface area (Å²) >= 11 is 3.42. The van der Waals surface area contributed by atoms with E-state index < -0.39 is 0 Å². The van der Waals surface area contributed by atoms with Crippen LogP contribution < -0.4 is 0 Å². The molecule has 0 saturated heterocycles. The summed E-state index contributed by atoms with van der Waals surface area (Å²) < 4.78 is 1.09. The average molecular weight is 271 g/mol. The van der Waals surface area contributed by atoms with Gasteiger partial charge in [-0.2, -0.15) is 0 Å². The van der Waals surface area contributed by atoms with Crippen LogP contribution in [0.1, 0.15) is 44.6 Å². The molecule has 0 bridgehead atoms. The molecule has 84 valence electrons. The topological polar surface area (TPSA) is 20.2 Å². The molecular formula is C13H19BrO. The summed E-state index contributed by atoms with van der Waals surface area (Å²) in [6.07, 6.45) is 2.70. The fourth-order valence-corrected chi connectivity index (χ4v) is 2.20. The van der Waals surface area contributed by atoms with Gasteiger partial charge in [0.2, 0.25) is 0 Å². The normalized spacial score (nSPS) is 14.9. The minimum absolute atomic E-state index is 0.207. The van der Waals surface area contributed by atoms with Crippen LogP contribution in [-0.2, 0) is 0 Å². The molecule has 15 heavy (non-hydrogen) atoms. The summed E-state index contributed by atoms with van der Waals surface area (Å²) in [5.41, 5.74) is 1.24. The van der Waals surface area contributed by atoms with Crippen molar-refractivity contribution < 1.29 is 5.11 Å². The van der Waals surface area contributed by atoms with Crippen molar-refractivity contribution in [3.05, 3.63) is 34.3 Å². The van der Waals surface area contributed by atoms with Crippen LogP contribution in [0, 0.1) is 0 Å². The molecule has 1 aromatic carbocycles. The minimum atomic E-state index is -0.207. The van der Waals surface area contributed by atoms with Gasteiger partial charge in [-0.15, -0.1) is 0 Å². The van der Waals surface area contributed by atoms with E-state index in [1.165, 1.54) is 5.56 Å². The molecule has 2 atom stereocenters. The maximum absolute atomic E-state index is 10.0. The van der Waals surface area contributed by atoms with E-state index in [1.807, 2.05) is 12.1 Å². The van der Waals surface area contributed by atoms with E-state index in [1.54, 1.807) is 0 Å². The number of rotatable bonds is 5. The average Bonchev–Trinajstić information content (AvgIpc) is 2.22. The van der Waals surface area contributed by atoms with Gasteiger partial charge in [-0.1, -0.05) is 48.3 Å². The lowest BCUT2D eigenvalue weighted by atomic mass is 9.89. The number of aliphatic hydroxyl groups excluding tert-OH is 1. The van der Waals surface area contributed by atoms with Gasteiger partial charge in [0.1, 0.15) is 0 Å². The first-order chi connectivity index (χ1) is 7.19. The molecule has 1 nitrogen and oxygen atoms in total. The predicted octanol–water partition coefficient (Wildman–Crippen LogP) is 4.10. The Morgan fingerprint density at radius 2 is 1.80 bits per heavy atom. The van der Waals surface area contributed by atoms with Crippen LogP contribution >= 0.6 is 15.9 Å². The smallest absolute Gasteiger partial charge is 0.0608 e.